The molecule has 0 spiro atoms. The second-order valence-corrected chi connectivity index (χ2v) is 11.7. The first-order valence-electron chi connectivity index (χ1n) is 13.0. The van der Waals surface area contributed by atoms with Gasteiger partial charge in [-0.1, -0.05) is 90.5 Å². The number of rotatable bonds is 4. The predicted molar refractivity (Wildman–Crippen MR) is 155 cm³/mol. The van der Waals surface area contributed by atoms with Gasteiger partial charge in [0, 0.05) is 5.39 Å². The summed E-state index contributed by atoms with van der Waals surface area (Å²) in [7, 11) is -3.96. The van der Waals surface area contributed by atoms with Crippen molar-refractivity contribution in [2.45, 2.75) is 24.8 Å². The van der Waals surface area contributed by atoms with Crippen LogP contribution in [0.2, 0.25) is 0 Å². The van der Waals surface area contributed by atoms with Crippen molar-refractivity contribution in [3.05, 3.63) is 137 Å². The Balaban J connectivity index is 1.63. The van der Waals surface area contributed by atoms with E-state index in [2.05, 4.69) is 0 Å². The Hall–Kier alpha value is -4.13. The molecule has 196 valence electrons. The average Bonchev–Trinajstić information content (AvgIpc) is 3.35. The number of sulfonamides is 1. The lowest BCUT2D eigenvalue weighted by molar-refractivity contribution is 0.0926. The molecule has 5 nitrogen and oxygen atoms in total. The number of anilines is 1. The zero-order chi connectivity index (χ0) is 27.0. The fraction of sp³-hybridized carbons (Fsp3) is 0.152. The van der Waals surface area contributed by atoms with Gasteiger partial charge in [0.25, 0.3) is 10.0 Å². The van der Waals surface area contributed by atoms with E-state index in [9.17, 15) is 8.42 Å². The Kier molecular flexibility index (Phi) is 6.59. The second kappa shape index (κ2) is 10.2. The minimum Gasteiger partial charge on any atom is -0.456 e. The second-order valence-electron chi connectivity index (χ2n) is 9.80. The summed E-state index contributed by atoms with van der Waals surface area (Å²) >= 11 is 0. The van der Waals surface area contributed by atoms with Crippen LogP contribution in [0.25, 0.3) is 16.5 Å². The lowest BCUT2D eigenvalue weighted by atomic mass is 10.00. The Morgan fingerprint density at radius 1 is 0.795 bits per heavy atom. The van der Waals surface area contributed by atoms with Crippen LogP contribution in [0.15, 0.2) is 119 Å². The van der Waals surface area contributed by atoms with E-state index in [-0.39, 0.29) is 18.0 Å². The number of furan rings is 1. The van der Waals surface area contributed by atoms with E-state index in [1.807, 2.05) is 111 Å². The van der Waals surface area contributed by atoms with Gasteiger partial charge in [-0.05, 0) is 60.4 Å². The Labute approximate surface area is 229 Å². The van der Waals surface area contributed by atoms with E-state index in [0.717, 1.165) is 33.2 Å². The summed E-state index contributed by atoms with van der Waals surface area (Å²) < 4.78 is 43.3. The molecule has 0 saturated heterocycles. The molecule has 2 heterocycles. The predicted octanol–water partition coefficient (Wildman–Crippen LogP) is 7.45. The van der Waals surface area contributed by atoms with Gasteiger partial charge >= 0.3 is 0 Å². The minimum absolute atomic E-state index is 0.126. The highest BCUT2D eigenvalue weighted by Gasteiger charge is 2.35. The van der Waals surface area contributed by atoms with E-state index in [1.165, 1.54) is 4.31 Å². The van der Waals surface area contributed by atoms with Crippen LogP contribution in [0.4, 0.5) is 5.69 Å². The first-order chi connectivity index (χ1) is 18.9. The molecule has 39 heavy (non-hydrogen) atoms. The van der Waals surface area contributed by atoms with Crippen LogP contribution in [0, 0.1) is 13.8 Å². The minimum atomic E-state index is -3.96. The summed E-state index contributed by atoms with van der Waals surface area (Å²) in [4.78, 5) is 0.228. The van der Waals surface area contributed by atoms with Crippen molar-refractivity contribution in [2.24, 2.45) is 0 Å². The van der Waals surface area contributed by atoms with Crippen molar-refractivity contribution in [2.75, 3.05) is 17.5 Å². The van der Waals surface area contributed by atoms with Gasteiger partial charge in [0.15, 0.2) is 5.76 Å². The molecule has 0 aliphatic carbocycles. The number of nitrogens with zero attached hydrogens (tertiary/aromatic N) is 1. The molecule has 0 N–H and O–H groups in total. The van der Waals surface area contributed by atoms with Crippen LogP contribution in [-0.2, 0) is 14.8 Å². The molecule has 5 aromatic rings. The third-order valence-electron chi connectivity index (χ3n) is 7.22. The van der Waals surface area contributed by atoms with Gasteiger partial charge in [0.05, 0.1) is 18.0 Å². The van der Waals surface area contributed by atoms with Crippen molar-refractivity contribution in [1.82, 2.24) is 0 Å². The fourth-order valence-corrected chi connectivity index (χ4v) is 6.53. The maximum Gasteiger partial charge on any atom is 0.264 e. The summed E-state index contributed by atoms with van der Waals surface area (Å²) in [5.74, 6) is 0.476. The Bertz CT molecular complexity index is 1770. The zero-order valence-corrected chi connectivity index (χ0v) is 22.7. The first-order valence-corrected chi connectivity index (χ1v) is 14.4. The van der Waals surface area contributed by atoms with Gasteiger partial charge in [-0.25, -0.2) is 8.42 Å². The number of para-hydroxylation sites is 1. The average molecular weight is 536 g/mol. The third-order valence-corrected chi connectivity index (χ3v) is 9.00. The molecule has 1 atom stereocenters. The van der Waals surface area contributed by atoms with Crippen LogP contribution in [-0.4, -0.2) is 21.6 Å². The normalized spacial score (nSPS) is 17.5. The van der Waals surface area contributed by atoms with Gasteiger partial charge in [-0.2, -0.15) is 0 Å². The van der Waals surface area contributed by atoms with Crippen molar-refractivity contribution >= 4 is 32.3 Å². The number of hydrogen-bond acceptors (Lipinski definition) is 4. The van der Waals surface area contributed by atoms with E-state index in [1.54, 1.807) is 12.1 Å². The van der Waals surface area contributed by atoms with Gasteiger partial charge in [-0.15, -0.1) is 0 Å². The summed E-state index contributed by atoms with van der Waals surface area (Å²) in [6.07, 6.45) is 1.34. The van der Waals surface area contributed by atoms with Crippen LogP contribution in [0.3, 0.4) is 0 Å². The van der Waals surface area contributed by atoms with Crippen LogP contribution >= 0.6 is 0 Å². The summed E-state index contributed by atoms with van der Waals surface area (Å²) in [5.41, 5.74) is 5.97. The monoisotopic (exact) mass is 535 g/mol. The van der Waals surface area contributed by atoms with E-state index in [4.69, 9.17) is 9.15 Å². The van der Waals surface area contributed by atoms with Gasteiger partial charge < -0.3 is 9.15 Å². The molecule has 0 bridgehead atoms. The molecule has 6 heteroatoms. The van der Waals surface area contributed by atoms with Crippen LogP contribution < -0.4 is 4.31 Å². The number of ether oxygens (including phenoxy) is 1. The molecule has 0 radical (unpaired) electrons. The lowest BCUT2D eigenvalue weighted by Gasteiger charge is -2.25. The van der Waals surface area contributed by atoms with Gasteiger partial charge in [0.2, 0.25) is 0 Å². The number of benzene rings is 4. The molecule has 0 amide bonds. The molecule has 1 aliphatic rings. The maximum atomic E-state index is 14.3. The van der Waals surface area contributed by atoms with Crippen molar-refractivity contribution in [1.29, 1.82) is 0 Å². The largest absolute Gasteiger partial charge is 0.456 e. The number of aryl methyl sites for hydroxylation is 2. The SMILES string of the molecule is Cc1ccc(S(=O)(=O)N2C/C=C(/c3ccccc3)CO[C@H](c3ccccc3C)c3oc4ccccc4c32)cc1. The molecule has 4 aromatic carbocycles. The standard InChI is InChI=1S/C33H29NO4S/c1-23-16-18-27(19-17-23)39(35,36)34-21-20-26(25-11-4-3-5-12-25)22-37-32(28-13-7-6-10-24(28)2)33-31(34)29-14-8-9-15-30(29)38-33/h3-20,32H,21-22H2,1-2H3/b26-20+/t32-/m1/s1. The molecule has 0 fully saturated rings. The molecule has 1 aliphatic heterocycles. The zero-order valence-electron chi connectivity index (χ0n) is 21.9. The molecular weight excluding hydrogens is 506 g/mol. The Morgan fingerprint density at radius 2 is 1.49 bits per heavy atom. The Morgan fingerprint density at radius 3 is 2.26 bits per heavy atom. The van der Waals surface area contributed by atoms with Gasteiger partial charge in [0.1, 0.15) is 17.4 Å². The highest BCUT2D eigenvalue weighted by Crippen LogP contribution is 2.44. The lowest BCUT2D eigenvalue weighted by Crippen LogP contribution is -2.32. The molecule has 6 rings (SSSR count). The molecule has 1 aromatic heterocycles. The summed E-state index contributed by atoms with van der Waals surface area (Å²) in [6.45, 7) is 4.39. The first kappa shape index (κ1) is 25.2. The molecule has 0 unspecified atom stereocenters. The van der Waals surface area contributed by atoms with Gasteiger partial charge in [-0.3, -0.25) is 4.31 Å². The van der Waals surface area contributed by atoms with Crippen molar-refractivity contribution in [3.8, 4) is 0 Å². The molecular formula is C33H29NO4S. The highest BCUT2D eigenvalue weighted by atomic mass is 32.2. The highest BCUT2D eigenvalue weighted by molar-refractivity contribution is 7.92. The smallest absolute Gasteiger partial charge is 0.264 e. The topological polar surface area (TPSA) is 59.8 Å². The number of hydrogen-bond donors (Lipinski definition) is 0. The van der Waals surface area contributed by atoms with E-state index < -0.39 is 16.1 Å². The van der Waals surface area contributed by atoms with Crippen LogP contribution in [0.1, 0.15) is 34.1 Å². The quantitative estimate of drug-likeness (QED) is 0.240. The molecule has 0 saturated carbocycles. The van der Waals surface area contributed by atoms with E-state index in [0.29, 0.717) is 17.0 Å². The maximum absolute atomic E-state index is 14.3. The van der Waals surface area contributed by atoms with Crippen molar-refractivity contribution in [3.63, 3.8) is 0 Å². The van der Waals surface area contributed by atoms with Crippen LogP contribution in [0.5, 0.6) is 0 Å². The van der Waals surface area contributed by atoms with E-state index >= 15 is 0 Å². The third kappa shape index (κ3) is 4.67. The summed E-state index contributed by atoms with van der Waals surface area (Å²) in [6, 6.07) is 32.5. The van der Waals surface area contributed by atoms with Crippen molar-refractivity contribution < 1.29 is 17.6 Å². The fourth-order valence-electron chi connectivity index (χ4n) is 5.10. The number of fused-ring (bicyclic) bond motifs is 3. The summed E-state index contributed by atoms with van der Waals surface area (Å²) in [5, 5.41) is 0.724.